The van der Waals surface area contributed by atoms with Gasteiger partial charge in [-0.05, 0) is 35.4 Å². The Morgan fingerprint density at radius 2 is 1.50 bits per heavy atom. The molecule has 0 saturated carbocycles. The SMILES string of the molecule is CC(C)(C)[C@H](Cc1ccc2ccccc2n1)c1ccccc1. The number of hydrogen-bond donors (Lipinski definition) is 0. The summed E-state index contributed by atoms with van der Waals surface area (Å²) in [6.45, 7) is 6.93. The molecular formula is C21H23N. The maximum Gasteiger partial charge on any atom is 0.0705 e. The van der Waals surface area contributed by atoms with Crippen LogP contribution in [0.15, 0.2) is 66.7 Å². The van der Waals surface area contributed by atoms with E-state index in [1.807, 2.05) is 0 Å². The van der Waals surface area contributed by atoms with Crippen molar-refractivity contribution < 1.29 is 0 Å². The molecule has 1 heterocycles. The highest BCUT2D eigenvalue weighted by atomic mass is 14.7. The van der Waals surface area contributed by atoms with Gasteiger partial charge in [-0.3, -0.25) is 4.98 Å². The quantitative estimate of drug-likeness (QED) is 0.611. The summed E-state index contributed by atoms with van der Waals surface area (Å²) in [5, 5.41) is 1.21. The van der Waals surface area contributed by atoms with E-state index in [-0.39, 0.29) is 5.41 Å². The first-order valence-corrected chi connectivity index (χ1v) is 7.94. The van der Waals surface area contributed by atoms with E-state index >= 15 is 0 Å². The van der Waals surface area contributed by atoms with Gasteiger partial charge in [0, 0.05) is 11.1 Å². The smallest absolute Gasteiger partial charge is 0.0705 e. The Morgan fingerprint density at radius 3 is 2.23 bits per heavy atom. The maximum absolute atomic E-state index is 4.85. The first kappa shape index (κ1) is 14.8. The summed E-state index contributed by atoms with van der Waals surface area (Å²) >= 11 is 0. The standard InChI is InChI=1S/C21H23N/c1-21(2,3)19(16-9-5-4-6-10-16)15-18-14-13-17-11-7-8-12-20(17)22-18/h4-14,19H,15H2,1-3H3/t19-/m1/s1. The van der Waals surface area contributed by atoms with E-state index in [2.05, 4.69) is 87.5 Å². The molecule has 0 N–H and O–H groups in total. The van der Waals surface area contributed by atoms with Crippen molar-refractivity contribution in [1.29, 1.82) is 0 Å². The van der Waals surface area contributed by atoms with Gasteiger partial charge in [-0.2, -0.15) is 0 Å². The molecule has 1 nitrogen and oxygen atoms in total. The fourth-order valence-electron chi connectivity index (χ4n) is 3.04. The van der Waals surface area contributed by atoms with Crippen LogP contribution in [-0.4, -0.2) is 4.98 Å². The fourth-order valence-corrected chi connectivity index (χ4v) is 3.04. The number of aromatic nitrogens is 1. The second-order valence-corrected chi connectivity index (χ2v) is 7.03. The Kier molecular flexibility index (Phi) is 3.98. The molecule has 0 spiro atoms. The molecule has 1 heteroatoms. The largest absolute Gasteiger partial charge is 0.253 e. The van der Waals surface area contributed by atoms with Crippen LogP contribution < -0.4 is 0 Å². The van der Waals surface area contributed by atoms with Crippen molar-refractivity contribution >= 4 is 10.9 Å². The van der Waals surface area contributed by atoms with Crippen molar-refractivity contribution in [2.75, 3.05) is 0 Å². The summed E-state index contributed by atoms with van der Waals surface area (Å²) in [6, 6.07) is 23.5. The van der Waals surface area contributed by atoms with E-state index < -0.39 is 0 Å². The highest BCUT2D eigenvalue weighted by Gasteiger charge is 2.26. The minimum atomic E-state index is 0.203. The molecule has 22 heavy (non-hydrogen) atoms. The molecule has 0 aliphatic carbocycles. The van der Waals surface area contributed by atoms with Gasteiger partial charge in [-0.25, -0.2) is 0 Å². The van der Waals surface area contributed by atoms with Crippen LogP contribution in [0, 0.1) is 5.41 Å². The third-order valence-electron chi connectivity index (χ3n) is 4.32. The van der Waals surface area contributed by atoms with Gasteiger partial charge in [-0.1, -0.05) is 75.4 Å². The molecule has 0 amide bonds. The lowest BCUT2D eigenvalue weighted by Crippen LogP contribution is -2.21. The zero-order valence-corrected chi connectivity index (χ0v) is 13.6. The fraction of sp³-hybridized carbons (Fsp3) is 0.286. The molecule has 2 aromatic carbocycles. The number of fused-ring (bicyclic) bond motifs is 1. The average molecular weight is 289 g/mol. The molecule has 0 saturated heterocycles. The second-order valence-electron chi connectivity index (χ2n) is 7.03. The second kappa shape index (κ2) is 5.92. The van der Waals surface area contributed by atoms with Crippen molar-refractivity contribution in [3.05, 3.63) is 78.0 Å². The van der Waals surface area contributed by atoms with Crippen molar-refractivity contribution in [3.8, 4) is 0 Å². The van der Waals surface area contributed by atoms with Crippen molar-refractivity contribution in [1.82, 2.24) is 4.98 Å². The lowest BCUT2D eigenvalue weighted by Gasteiger charge is -2.31. The van der Waals surface area contributed by atoms with E-state index in [0.29, 0.717) is 5.92 Å². The minimum absolute atomic E-state index is 0.203. The van der Waals surface area contributed by atoms with Crippen LogP contribution >= 0.6 is 0 Å². The van der Waals surface area contributed by atoms with E-state index in [1.54, 1.807) is 0 Å². The van der Waals surface area contributed by atoms with Crippen molar-refractivity contribution in [2.45, 2.75) is 33.1 Å². The minimum Gasteiger partial charge on any atom is -0.253 e. The molecule has 1 aromatic heterocycles. The Balaban J connectivity index is 1.95. The van der Waals surface area contributed by atoms with Crippen LogP contribution in [0.5, 0.6) is 0 Å². The third kappa shape index (κ3) is 3.19. The van der Waals surface area contributed by atoms with Crippen LogP contribution in [0.2, 0.25) is 0 Å². The number of rotatable bonds is 3. The number of hydrogen-bond acceptors (Lipinski definition) is 1. The first-order valence-electron chi connectivity index (χ1n) is 7.94. The highest BCUT2D eigenvalue weighted by molar-refractivity contribution is 5.78. The predicted molar refractivity (Wildman–Crippen MR) is 94.1 cm³/mol. The summed E-state index contributed by atoms with van der Waals surface area (Å²) in [4.78, 5) is 4.85. The molecule has 0 unspecified atom stereocenters. The van der Waals surface area contributed by atoms with Gasteiger partial charge in [0.15, 0.2) is 0 Å². The molecule has 0 aliphatic rings. The maximum atomic E-state index is 4.85. The first-order chi connectivity index (χ1) is 10.5. The van der Waals surface area contributed by atoms with Gasteiger partial charge in [0.05, 0.1) is 5.52 Å². The van der Waals surface area contributed by atoms with E-state index in [0.717, 1.165) is 11.9 Å². The van der Waals surface area contributed by atoms with Crippen molar-refractivity contribution in [2.24, 2.45) is 5.41 Å². The van der Waals surface area contributed by atoms with E-state index in [9.17, 15) is 0 Å². The predicted octanol–water partition coefficient (Wildman–Crippen LogP) is 5.61. The van der Waals surface area contributed by atoms with Crippen molar-refractivity contribution in [3.63, 3.8) is 0 Å². The van der Waals surface area contributed by atoms with Gasteiger partial charge >= 0.3 is 0 Å². The Bertz CT molecular complexity index is 753. The van der Waals surface area contributed by atoms with Gasteiger partial charge in [-0.15, -0.1) is 0 Å². The molecule has 0 bridgehead atoms. The van der Waals surface area contributed by atoms with Gasteiger partial charge < -0.3 is 0 Å². The van der Waals surface area contributed by atoms with E-state index in [1.165, 1.54) is 16.6 Å². The number of para-hydroxylation sites is 1. The summed E-state index contributed by atoms with van der Waals surface area (Å²) < 4.78 is 0. The number of benzene rings is 2. The lowest BCUT2D eigenvalue weighted by molar-refractivity contribution is 0.316. The molecule has 1 atom stereocenters. The average Bonchev–Trinajstić information content (AvgIpc) is 2.52. The van der Waals surface area contributed by atoms with Gasteiger partial charge in [0.1, 0.15) is 0 Å². The summed E-state index contributed by atoms with van der Waals surface area (Å²) in [7, 11) is 0. The lowest BCUT2D eigenvalue weighted by atomic mass is 9.74. The molecule has 3 aromatic rings. The summed E-state index contributed by atoms with van der Waals surface area (Å²) in [5.41, 5.74) is 3.85. The molecular weight excluding hydrogens is 266 g/mol. The Hall–Kier alpha value is -2.15. The van der Waals surface area contributed by atoms with E-state index in [4.69, 9.17) is 4.98 Å². The molecule has 0 aliphatic heterocycles. The molecule has 112 valence electrons. The zero-order valence-electron chi connectivity index (χ0n) is 13.6. The van der Waals surface area contributed by atoms with Gasteiger partial charge in [0.25, 0.3) is 0 Å². The monoisotopic (exact) mass is 289 g/mol. The third-order valence-corrected chi connectivity index (χ3v) is 4.32. The van der Waals surface area contributed by atoms with Crippen LogP contribution in [0.25, 0.3) is 10.9 Å². The Morgan fingerprint density at radius 1 is 0.818 bits per heavy atom. The van der Waals surface area contributed by atoms with Crippen LogP contribution in [0.1, 0.15) is 37.9 Å². The van der Waals surface area contributed by atoms with Gasteiger partial charge in [0.2, 0.25) is 0 Å². The molecule has 0 radical (unpaired) electrons. The summed E-state index contributed by atoms with van der Waals surface area (Å²) in [6.07, 6.45) is 0.971. The molecule has 0 fully saturated rings. The normalized spacial score (nSPS) is 13.2. The van der Waals surface area contributed by atoms with Crippen LogP contribution in [0.4, 0.5) is 0 Å². The summed E-state index contributed by atoms with van der Waals surface area (Å²) in [5.74, 6) is 0.461. The topological polar surface area (TPSA) is 12.9 Å². The molecule has 3 rings (SSSR count). The van der Waals surface area contributed by atoms with Crippen LogP contribution in [0.3, 0.4) is 0 Å². The Labute approximate surface area is 133 Å². The highest BCUT2D eigenvalue weighted by Crippen LogP contribution is 2.37. The number of pyridine rings is 1. The van der Waals surface area contributed by atoms with Crippen LogP contribution in [-0.2, 0) is 6.42 Å². The number of nitrogens with zero attached hydrogens (tertiary/aromatic N) is 1. The zero-order chi connectivity index (χ0) is 15.6.